The number of hydrogen-bond donors (Lipinski definition) is 11. The lowest BCUT2D eigenvalue weighted by atomic mass is 9.89. The molecular formula is C94H81Cl3F12N30O6. The van der Waals surface area contributed by atoms with Crippen molar-refractivity contribution in [1.82, 2.24) is 99.7 Å². The molecule has 0 unspecified atom stereocenters. The maximum Gasteiger partial charge on any atom is 0.417 e. The molecule has 0 bridgehead atoms. The Morgan fingerprint density at radius 1 is 0.386 bits per heavy atom. The van der Waals surface area contributed by atoms with E-state index in [1.165, 1.54) is 91.1 Å². The molecule has 1 fully saturated rings. The molecule has 15 heterocycles. The van der Waals surface area contributed by atoms with Crippen molar-refractivity contribution in [3.05, 3.63) is 178 Å². The fourth-order valence-electron chi connectivity index (χ4n) is 14.8. The van der Waals surface area contributed by atoms with Crippen LogP contribution in [0.5, 0.6) is 0 Å². The number of ketones is 4. The molecule has 1 saturated carbocycles. The van der Waals surface area contributed by atoms with Gasteiger partial charge in [-0.25, -0.2) is 79.6 Å². The molecule has 0 aliphatic heterocycles. The third kappa shape index (κ3) is 26.3. The number of pyridine rings is 5. The monoisotopic (exact) mass is 2060 g/mol. The number of alkyl halides is 12. The molecular weight excluding hydrogens is 1980 g/mol. The number of carbonyl (C=O) groups is 5. The summed E-state index contributed by atoms with van der Waals surface area (Å²) < 4.78 is 152. The summed E-state index contributed by atoms with van der Waals surface area (Å²) in [5.74, 6) is -2.61. The average molecular weight is 2060 g/mol. The standard InChI is InChI=1S/C21H18ClF3N6O.C19H16ClF3N6O.C19H17F3N6O.C18H17ClN6O.C17H13F3N6O2/c22-13-7-14-15(11-28-18(14)27-10-13)17-12(8-26)9-29-19(30-17)31-20(4-1-2-5-20)16(32)3-6-21(23,24)25;1-18(2,14(30)3-4-19(21,22)23)29-17-27-7-10(6-24)15(28-17)13-9-26-16-12(13)5-11(20)8-25-16;1-18(2,14(29)5-6-19(20,21)22)28-17-26-9-11(8-23)15(27-17)13-10-25-16-12(13)4-3-7-24-16;1-4-14(26)18(2,3)25-17-23-7-10(6-20)15(24-17)13-9-22-16-12(13)5-11(19)8-21-16;1-16(2,14(27)28)26-15-24-5-8(4-21)12(25-15)11-7-23-13-10(11)3-9(6-22-13)17(18,19)20/h7,9-11H,1-6H2,(H,27,28)(H,29,30,31);5,7-9H,3-4H2,1-2H3,(H,25,26)(H,27,28,29);3-4,7,9-10H,5-6H2,1-2H3,(H,24,25)(H,26,27,28);5,7-9H,4H2,1-3H3,(H,21,22)(H,23,24,25);3,5-7H,1-2H3,(H,22,23)(H,27,28)(H,24,25,26). The molecule has 16 rings (SSSR count). The van der Waals surface area contributed by atoms with Gasteiger partial charge in [0.15, 0.2) is 23.1 Å². The lowest BCUT2D eigenvalue weighted by Gasteiger charge is -2.29. The number of aliphatic carboxylic acids is 1. The van der Waals surface area contributed by atoms with E-state index in [1.807, 2.05) is 30.3 Å². The van der Waals surface area contributed by atoms with Crippen LogP contribution in [0.2, 0.25) is 15.1 Å². The summed E-state index contributed by atoms with van der Waals surface area (Å²) in [5, 5.41) is 74.8. The molecule has 15 aromatic heterocycles. The number of carboxylic acids is 1. The zero-order chi connectivity index (χ0) is 106. The molecule has 36 nitrogen and oxygen atoms in total. The predicted octanol–water partition coefficient (Wildman–Crippen LogP) is 20.7. The highest BCUT2D eigenvalue weighted by molar-refractivity contribution is 6.32. The second-order valence-corrected chi connectivity index (χ2v) is 35.9. The van der Waals surface area contributed by atoms with Crippen molar-refractivity contribution in [3.63, 3.8) is 0 Å². The fraction of sp³-hybridized carbons (Fsp3) is 0.309. The Labute approximate surface area is 828 Å². The summed E-state index contributed by atoms with van der Waals surface area (Å²) in [4.78, 5) is 138. The first-order chi connectivity index (χ1) is 68.2. The Hall–Kier alpha value is -16.5. The van der Waals surface area contributed by atoms with Gasteiger partial charge in [-0.3, -0.25) is 19.2 Å². The van der Waals surface area contributed by atoms with Crippen molar-refractivity contribution in [2.75, 3.05) is 26.6 Å². The number of nitrogens with one attached hydrogen (secondary N) is 10. The van der Waals surface area contributed by atoms with Crippen molar-refractivity contribution in [2.45, 2.75) is 185 Å². The van der Waals surface area contributed by atoms with Gasteiger partial charge in [0.2, 0.25) is 29.7 Å². The van der Waals surface area contributed by atoms with Crippen molar-refractivity contribution in [3.8, 4) is 86.6 Å². The molecule has 0 amide bonds. The van der Waals surface area contributed by atoms with Crippen LogP contribution in [-0.2, 0) is 30.1 Å². The number of anilines is 5. The van der Waals surface area contributed by atoms with Crippen LogP contribution in [0.3, 0.4) is 0 Å². The second kappa shape index (κ2) is 43.5. The molecule has 1 aliphatic carbocycles. The number of hydrogen-bond acceptors (Lipinski definition) is 30. The predicted molar refractivity (Wildman–Crippen MR) is 509 cm³/mol. The summed E-state index contributed by atoms with van der Waals surface area (Å²) in [5.41, 5.74) is 0.471. The van der Waals surface area contributed by atoms with E-state index in [4.69, 9.17) is 34.8 Å². The molecule has 0 spiro atoms. The molecule has 51 heteroatoms. The van der Waals surface area contributed by atoms with Crippen LogP contribution in [0.15, 0.2) is 129 Å². The highest BCUT2D eigenvalue weighted by Crippen LogP contribution is 2.42. The van der Waals surface area contributed by atoms with Crippen LogP contribution < -0.4 is 26.6 Å². The lowest BCUT2D eigenvalue weighted by Crippen LogP contribution is -2.44. The van der Waals surface area contributed by atoms with Crippen LogP contribution in [0.1, 0.15) is 166 Å². The van der Waals surface area contributed by atoms with E-state index in [9.17, 15) is 108 Å². The molecule has 145 heavy (non-hydrogen) atoms. The first-order valence-corrected chi connectivity index (χ1v) is 44.5. The Morgan fingerprint density at radius 3 is 0.993 bits per heavy atom. The summed E-state index contributed by atoms with van der Waals surface area (Å²) in [6.07, 6.45) is 0.640. The Morgan fingerprint density at radius 2 is 0.676 bits per heavy atom. The number of nitriles is 5. The van der Waals surface area contributed by atoms with Gasteiger partial charge in [0.1, 0.15) is 64.1 Å². The zero-order valence-corrected chi connectivity index (χ0v) is 79.8. The topological polar surface area (TPSA) is 557 Å². The largest absolute Gasteiger partial charge is 0.480 e. The Bertz CT molecular complexity index is 7680. The number of rotatable bonds is 27. The van der Waals surface area contributed by atoms with Crippen LogP contribution in [-0.4, -0.2) is 180 Å². The minimum Gasteiger partial charge on any atom is -0.480 e. The van der Waals surface area contributed by atoms with E-state index in [2.05, 4.69) is 132 Å². The smallest absolute Gasteiger partial charge is 0.417 e. The third-order valence-corrected chi connectivity index (χ3v) is 23.1. The van der Waals surface area contributed by atoms with Crippen molar-refractivity contribution < 1.29 is 81.8 Å². The Balaban J connectivity index is 0.000000162. The van der Waals surface area contributed by atoms with Crippen LogP contribution in [0, 0.1) is 56.7 Å². The molecule has 1 aliphatic rings. The minimum atomic E-state index is -4.59. The van der Waals surface area contributed by atoms with Crippen LogP contribution >= 0.6 is 34.8 Å². The summed E-state index contributed by atoms with van der Waals surface area (Å²) in [6, 6.07) is 19.6. The lowest BCUT2D eigenvalue weighted by molar-refractivity contribution is -0.145. The van der Waals surface area contributed by atoms with Crippen molar-refractivity contribution in [2.24, 2.45) is 0 Å². The van der Waals surface area contributed by atoms with Gasteiger partial charge in [-0.05, 0) is 105 Å². The molecule has 0 atom stereocenters. The summed E-state index contributed by atoms with van der Waals surface area (Å²) >= 11 is 18.1. The van der Waals surface area contributed by atoms with Crippen LogP contribution in [0.4, 0.5) is 82.4 Å². The maximum absolute atomic E-state index is 13.0. The number of aromatic amines is 5. The summed E-state index contributed by atoms with van der Waals surface area (Å²) in [7, 11) is 0. The van der Waals surface area contributed by atoms with E-state index in [1.54, 1.807) is 82.2 Å². The van der Waals surface area contributed by atoms with Gasteiger partial charge in [0.25, 0.3) is 0 Å². The number of carboxylic acid groups (broad SMARTS) is 1. The Kier molecular flexibility index (Phi) is 32.2. The normalized spacial score (nSPS) is 12.7. The average Bonchev–Trinajstić information content (AvgIpc) is 1.66. The van der Waals surface area contributed by atoms with Gasteiger partial charge in [-0.2, -0.15) is 79.0 Å². The number of H-pyrrole nitrogens is 5. The maximum atomic E-state index is 13.0. The first-order valence-electron chi connectivity index (χ1n) is 43.4. The molecule has 15 aromatic rings. The van der Waals surface area contributed by atoms with E-state index in [0.29, 0.717) is 132 Å². The molecule has 0 radical (unpaired) electrons. The quantitative estimate of drug-likeness (QED) is 0.0213. The van der Waals surface area contributed by atoms with Gasteiger partial charge < -0.3 is 56.6 Å². The molecule has 11 N–H and O–H groups in total. The molecule has 748 valence electrons. The number of Topliss-reactive ketones (excluding diaryl/α,β-unsaturated/α-hetero) is 4. The second-order valence-electron chi connectivity index (χ2n) is 34.6. The van der Waals surface area contributed by atoms with E-state index < -0.39 is 120 Å². The van der Waals surface area contributed by atoms with E-state index in [0.717, 1.165) is 16.8 Å². The SMILES string of the molecule is CC(C)(Nc1ncc(C#N)c(-c2c[nH]c3ncc(C(F)(F)F)cc23)n1)C(=O)O.CC(C)(Nc1ncc(C#N)c(-c2c[nH]c3ncc(Cl)cc23)n1)C(=O)CCC(F)(F)F.CC(C)(Nc1ncc(C#N)c(-c2c[nH]c3ncccc23)n1)C(=O)CCC(F)(F)F.CCC(=O)C(C)(C)Nc1ncc(C#N)c(-c2c[nH]c3ncc(Cl)cc23)n1.N#Cc1cnc(NC2(C(=O)CCC(F)(F)F)CCCC2)nc1-c1c[nH]c2ncc(Cl)cc12. The van der Waals surface area contributed by atoms with Gasteiger partial charge in [0.05, 0.1) is 149 Å². The van der Waals surface area contributed by atoms with Gasteiger partial charge in [-0.15, -0.1) is 0 Å². The minimum absolute atomic E-state index is 0.00121. The molecule has 0 saturated heterocycles. The number of aromatic nitrogens is 20. The number of nitrogens with zero attached hydrogens (tertiary/aromatic N) is 20. The zero-order valence-electron chi connectivity index (χ0n) is 77.5. The highest BCUT2D eigenvalue weighted by atomic mass is 35.5. The van der Waals surface area contributed by atoms with Crippen molar-refractivity contribution >= 4 is 149 Å². The number of fused-ring (bicyclic) bond motifs is 5. The highest BCUT2D eigenvalue weighted by Gasteiger charge is 2.44. The molecule has 0 aromatic carbocycles. The van der Waals surface area contributed by atoms with Crippen molar-refractivity contribution in [1.29, 1.82) is 26.3 Å². The summed E-state index contributed by atoms with van der Waals surface area (Å²) in [6.45, 7) is 13.9. The van der Waals surface area contributed by atoms with Gasteiger partial charge in [0, 0.05) is 142 Å². The first kappa shape index (κ1) is 107. The van der Waals surface area contributed by atoms with Crippen LogP contribution in [0.25, 0.3) is 111 Å². The number of halogens is 15. The number of carbonyl (C=O) groups excluding carboxylic acids is 4. The third-order valence-electron chi connectivity index (χ3n) is 22.5. The van der Waals surface area contributed by atoms with E-state index >= 15 is 0 Å². The van der Waals surface area contributed by atoms with Gasteiger partial charge >= 0.3 is 30.7 Å². The van der Waals surface area contributed by atoms with E-state index in [-0.39, 0.29) is 85.8 Å². The van der Waals surface area contributed by atoms with Gasteiger partial charge in [-0.1, -0.05) is 54.6 Å². The fourth-order valence-corrected chi connectivity index (χ4v) is 15.3.